The van der Waals surface area contributed by atoms with E-state index in [4.69, 9.17) is 34.8 Å². The minimum atomic E-state index is -0.744. The number of nitrogens with zero attached hydrogens (tertiary/aromatic N) is 1. The zero-order chi connectivity index (χ0) is 24.1. The Morgan fingerprint density at radius 2 is 1.81 bits per heavy atom. The maximum absolute atomic E-state index is 14.0. The molecule has 0 saturated carbocycles. The van der Waals surface area contributed by atoms with Crippen LogP contribution in [-0.2, 0) is 21.9 Å². The summed E-state index contributed by atoms with van der Waals surface area (Å²) in [6.45, 7) is 7.41. The van der Waals surface area contributed by atoms with E-state index >= 15 is 0 Å². The number of rotatable bonds is 8. The highest BCUT2D eigenvalue weighted by atomic mass is 35.5. The van der Waals surface area contributed by atoms with Crippen molar-refractivity contribution >= 4 is 58.4 Å². The smallest absolute Gasteiger partial charge is 0.242 e. The van der Waals surface area contributed by atoms with Crippen LogP contribution in [0.5, 0.6) is 0 Å². The lowest BCUT2D eigenvalue weighted by atomic mass is 10.1. The fourth-order valence-electron chi connectivity index (χ4n) is 2.88. The van der Waals surface area contributed by atoms with Gasteiger partial charge in [-0.05, 0) is 57.5 Å². The minimum Gasteiger partial charge on any atom is -0.350 e. The number of thioether (sulfide) groups is 1. The molecule has 174 valence electrons. The van der Waals surface area contributed by atoms with E-state index in [0.717, 1.165) is 0 Å². The van der Waals surface area contributed by atoms with Gasteiger partial charge in [-0.15, -0.1) is 11.8 Å². The van der Waals surface area contributed by atoms with Crippen molar-refractivity contribution in [2.45, 2.75) is 51.6 Å². The number of benzene rings is 2. The van der Waals surface area contributed by atoms with Crippen LogP contribution < -0.4 is 5.32 Å². The first-order chi connectivity index (χ1) is 14.9. The molecule has 0 unspecified atom stereocenters. The Morgan fingerprint density at radius 1 is 1.12 bits per heavy atom. The SMILES string of the molecule is C[C@@H](C(=O)NC(C)(C)C)N(Cc1ccc(Cl)cc1Cl)C(=O)CSCc1c(F)cccc1Cl. The normalized spacial score (nSPS) is 12.4. The molecule has 0 aromatic heterocycles. The van der Waals surface area contributed by atoms with Crippen LogP contribution in [0.3, 0.4) is 0 Å². The summed E-state index contributed by atoms with van der Waals surface area (Å²) in [5.41, 5.74) is 0.564. The molecule has 0 spiro atoms. The second-order valence-corrected chi connectivity index (χ2v) is 10.6. The summed E-state index contributed by atoms with van der Waals surface area (Å²) < 4.78 is 14.0. The van der Waals surface area contributed by atoms with E-state index in [2.05, 4.69) is 5.32 Å². The Hall–Kier alpha value is -1.47. The van der Waals surface area contributed by atoms with Gasteiger partial charge in [0.2, 0.25) is 11.8 Å². The average Bonchev–Trinajstić information content (AvgIpc) is 2.67. The van der Waals surface area contributed by atoms with Gasteiger partial charge in [0.05, 0.1) is 5.75 Å². The quantitative estimate of drug-likeness (QED) is 0.442. The predicted molar refractivity (Wildman–Crippen MR) is 132 cm³/mol. The first kappa shape index (κ1) is 26.8. The third kappa shape index (κ3) is 7.84. The lowest BCUT2D eigenvalue weighted by Crippen LogP contribution is -2.52. The van der Waals surface area contributed by atoms with Crippen LogP contribution in [0.15, 0.2) is 36.4 Å². The van der Waals surface area contributed by atoms with Crippen molar-refractivity contribution in [1.82, 2.24) is 10.2 Å². The fraction of sp³-hybridized carbons (Fsp3) is 0.391. The van der Waals surface area contributed by atoms with Crippen molar-refractivity contribution in [1.29, 1.82) is 0 Å². The summed E-state index contributed by atoms with van der Waals surface area (Å²) in [6.07, 6.45) is 0. The second-order valence-electron chi connectivity index (χ2n) is 8.37. The number of hydrogen-bond donors (Lipinski definition) is 1. The molecular formula is C23H26Cl3FN2O2S. The maximum atomic E-state index is 14.0. The number of carbonyl (C=O) groups excluding carboxylic acids is 2. The Labute approximate surface area is 207 Å². The first-order valence-electron chi connectivity index (χ1n) is 9.95. The summed E-state index contributed by atoms with van der Waals surface area (Å²) in [5.74, 6) is -0.693. The molecule has 2 amide bonds. The van der Waals surface area contributed by atoms with Crippen molar-refractivity contribution in [2.75, 3.05) is 5.75 Å². The molecule has 2 aromatic rings. The topological polar surface area (TPSA) is 49.4 Å². The van der Waals surface area contributed by atoms with E-state index < -0.39 is 17.4 Å². The van der Waals surface area contributed by atoms with Crippen molar-refractivity contribution < 1.29 is 14.0 Å². The van der Waals surface area contributed by atoms with Gasteiger partial charge in [0.15, 0.2) is 0 Å². The van der Waals surface area contributed by atoms with Gasteiger partial charge in [0, 0.05) is 38.5 Å². The van der Waals surface area contributed by atoms with Crippen LogP contribution in [-0.4, -0.2) is 34.0 Å². The van der Waals surface area contributed by atoms with Gasteiger partial charge in [-0.2, -0.15) is 0 Å². The summed E-state index contributed by atoms with van der Waals surface area (Å²) in [5, 5.41) is 4.10. The molecule has 2 rings (SSSR count). The van der Waals surface area contributed by atoms with Gasteiger partial charge < -0.3 is 10.2 Å². The van der Waals surface area contributed by atoms with E-state index in [1.807, 2.05) is 20.8 Å². The molecule has 1 atom stereocenters. The van der Waals surface area contributed by atoms with Crippen LogP contribution in [0.25, 0.3) is 0 Å². The molecule has 32 heavy (non-hydrogen) atoms. The van der Waals surface area contributed by atoms with Gasteiger partial charge >= 0.3 is 0 Å². The summed E-state index contributed by atoms with van der Waals surface area (Å²) in [4.78, 5) is 27.4. The molecule has 2 aromatic carbocycles. The van der Waals surface area contributed by atoms with Crippen LogP contribution in [0.4, 0.5) is 4.39 Å². The standard InChI is InChI=1S/C23H26Cl3FN2O2S/c1-14(22(31)28-23(2,3)4)29(11-15-8-9-16(24)10-19(15)26)21(30)13-32-12-17-18(25)6-5-7-20(17)27/h5-10,14H,11-13H2,1-4H3,(H,28,31)/t14-/m0/s1. The Kier molecular flexibility index (Phi) is 9.70. The summed E-state index contributed by atoms with van der Waals surface area (Å²) in [6, 6.07) is 8.73. The molecule has 0 aliphatic rings. The van der Waals surface area contributed by atoms with E-state index in [1.165, 1.54) is 28.8 Å². The molecule has 0 heterocycles. The summed E-state index contributed by atoms with van der Waals surface area (Å²) in [7, 11) is 0. The highest BCUT2D eigenvalue weighted by Gasteiger charge is 2.29. The zero-order valence-electron chi connectivity index (χ0n) is 18.3. The van der Waals surface area contributed by atoms with Gasteiger partial charge in [-0.3, -0.25) is 9.59 Å². The number of carbonyl (C=O) groups is 2. The van der Waals surface area contributed by atoms with Crippen LogP contribution >= 0.6 is 46.6 Å². The average molecular weight is 520 g/mol. The highest BCUT2D eigenvalue weighted by Crippen LogP contribution is 2.26. The first-order valence-corrected chi connectivity index (χ1v) is 12.2. The molecule has 0 bridgehead atoms. The Morgan fingerprint density at radius 3 is 2.41 bits per heavy atom. The molecule has 4 nitrogen and oxygen atoms in total. The van der Waals surface area contributed by atoms with E-state index in [9.17, 15) is 14.0 Å². The van der Waals surface area contributed by atoms with Gasteiger partial charge in [-0.1, -0.05) is 46.9 Å². The van der Waals surface area contributed by atoms with Crippen molar-refractivity contribution in [2.24, 2.45) is 0 Å². The third-order valence-electron chi connectivity index (χ3n) is 4.55. The second kappa shape index (κ2) is 11.6. The van der Waals surface area contributed by atoms with Crippen LogP contribution in [0, 0.1) is 5.82 Å². The number of amides is 2. The third-order valence-corrected chi connectivity index (χ3v) is 6.44. The maximum Gasteiger partial charge on any atom is 0.242 e. The molecule has 0 radical (unpaired) electrons. The molecule has 0 fully saturated rings. The van der Waals surface area contributed by atoms with Crippen LogP contribution in [0.2, 0.25) is 15.1 Å². The number of nitrogens with one attached hydrogen (secondary N) is 1. The lowest BCUT2D eigenvalue weighted by molar-refractivity contribution is -0.139. The largest absolute Gasteiger partial charge is 0.350 e. The molecule has 0 aliphatic carbocycles. The van der Waals surface area contributed by atoms with Crippen molar-refractivity contribution in [3.05, 3.63) is 68.4 Å². The van der Waals surface area contributed by atoms with Crippen molar-refractivity contribution in [3.63, 3.8) is 0 Å². The zero-order valence-corrected chi connectivity index (χ0v) is 21.4. The Balaban J connectivity index is 2.18. The molecular weight excluding hydrogens is 494 g/mol. The van der Waals surface area contributed by atoms with E-state index in [1.54, 1.807) is 31.2 Å². The monoisotopic (exact) mass is 518 g/mol. The fourth-order valence-corrected chi connectivity index (χ4v) is 4.60. The van der Waals surface area contributed by atoms with Gasteiger partial charge in [-0.25, -0.2) is 4.39 Å². The Bertz CT molecular complexity index is 962. The molecule has 0 aliphatic heterocycles. The van der Waals surface area contributed by atoms with E-state index in [0.29, 0.717) is 26.2 Å². The predicted octanol–water partition coefficient (Wildman–Crippen LogP) is 6.35. The molecule has 1 N–H and O–H groups in total. The summed E-state index contributed by atoms with van der Waals surface area (Å²) >= 11 is 19.6. The molecule has 9 heteroatoms. The number of halogens is 4. The lowest BCUT2D eigenvalue weighted by Gasteiger charge is -2.31. The van der Waals surface area contributed by atoms with Crippen LogP contribution in [0.1, 0.15) is 38.8 Å². The van der Waals surface area contributed by atoms with Gasteiger partial charge in [0.1, 0.15) is 11.9 Å². The van der Waals surface area contributed by atoms with Gasteiger partial charge in [0.25, 0.3) is 0 Å². The molecule has 0 saturated heterocycles. The highest BCUT2D eigenvalue weighted by molar-refractivity contribution is 7.99. The number of hydrogen-bond acceptors (Lipinski definition) is 3. The van der Waals surface area contributed by atoms with Crippen molar-refractivity contribution in [3.8, 4) is 0 Å². The van der Waals surface area contributed by atoms with E-state index in [-0.39, 0.29) is 29.9 Å². The minimum absolute atomic E-state index is 0.0447.